The van der Waals surface area contributed by atoms with E-state index in [9.17, 15) is 9.59 Å². The Hall–Kier alpha value is -2.38. The second-order valence-electron chi connectivity index (χ2n) is 7.26. The number of benzene rings is 1. The third-order valence-electron chi connectivity index (χ3n) is 5.48. The first-order valence-corrected chi connectivity index (χ1v) is 9.53. The van der Waals surface area contributed by atoms with E-state index in [1.807, 2.05) is 18.2 Å². The molecule has 1 saturated carbocycles. The lowest BCUT2D eigenvalue weighted by molar-refractivity contribution is -0.122. The van der Waals surface area contributed by atoms with Crippen molar-refractivity contribution in [3.63, 3.8) is 0 Å². The molecule has 28 heavy (non-hydrogen) atoms. The third kappa shape index (κ3) is 3.91. The highest BCUT2D eigenvalue weighted by molar-refractivity contribution is 6.01. The van der Waals surface area contributed by atoms with Crippen LogP contribution in [-0.4, -0.2) is 28.0 Å². The maximum atomic E-state index is 12.7. The molecule has 0 bridgehead atoms. The third-order valence-corrected chi connectivity index (χ3v) is 5.48. The van der Waals surface area contributed by atoms with Gasteiger partial charge in [-0.15, -0.1) is 12.4 Å². The van der Waals surface area contributed by atoms with E-state index in [2.05, 4.69) is 10.3 Å². The number of rotatable bonds is 5. The van der Waals surface area contributed by atoms with E-state index < -0.39 is 0 Å². The maximum absolute atomic E-state index is 12.7. The predicted octanol–water partition coefficient (Wildman–Crippen LogP) is 2.59. The molecule has 1 aromatic carbocycles. The van der Waals surface area contributed by atoms with Crippen LogP contribution in [0.3, 0.4) is 0 Å². The summed E-state index contributed by atoms with van der Waals surface area (Å²) in [6.07, 6.45) is 7.21. The summed E-state index contributed by atoms with van der Waals surface area (Å²) in [4.78, 5) is 29.6. The Kier molecular flexibility index (Phi) is 6.36. The number of nitrogens with two attached hydrogens (primary N) is 1. The lowest BCUT2D eigenvalue weighted by Crippen LogP contribution is -2.47. The SMILES string of the molecule is Cl.NCC(NC(=O)Cn1cnc2c(oc3ccccc32)c1=O)C1CCCCC1. The van der Waals surface area contributed by atoms with Crippen molar-refractivity contribution in [3.8, 4) is 0 Å². The molecular weight excluding hydrogens is 380 g/mol. The van der Waals surface area contributed by atoms with E-state index in [0.717, 1.165) is 18.2 Å². The second kappa shape index (κ2) is 8.75. The molecule has 3 aromatic rings. The Bertz CT molecular complexity index is 1020. The van der Waals surface area contributed by atoms with Crippen LogP contribution >= 0.6 is 12.4 Å². The number of hydrogen-bond donors (Lipinski definition) is 2. The zero-order valence-corrected chi connectivity index (χ0v) is 16.4. The molecule has 1 fully saturated rings. The first kappa shape index (κ1) is 20.4. The van der Waals surface area contributed by atoms with Crippen LogP contribution in [0.1, 0.15) is 32.1 Å². The van der Waals surface area contributed by atoms with Gasteiger partial charge in [-0.05, 0) is 30.9 Å². The smallest absolute Gasteiger partial charge is 0.297 e. The fourth-order valence-electron chi connectivity index (χ4n) is 4.04. The molecule has 0 aliphatic heterocycles. The summed E-state index contributed by atoms with van der Waals surface area (Å²) in [6, 6.07) is 7.33. The fraction of sp³-hybridized carbons (Fsp3) is 0.450. The van der Waals surface area contributed by atoms with E-state index in [1.165, 1.54) is 30.2 Å². The van der Waals surface area contributed by atoms with Crippen molar-refractivity contribution in [2.75, 3.05) is 6.54 Å². The van der Waals surface area contributed by atoms with Gasteiger partial charge in [0.15, 0.2) is 0 Å². The summed E-state index contributed by atoms with van der Waals surface area (Å²) in [5.41, 5.74) is 6.84. The molecule has 0 spiro atoms. The quantitative estimate of drug-likeness (QED) is 0.680. The van der Waals surface area contributed by atoms with Gasteiger partial charge in [-0.2, -0.15) is 0 Å². The first-order valence-electron chi connectivity index (χ1n) is 9.53. The molecule has 1 unspecified atom stereocenters. The van der Waals surface area contributed by atoms with E-state index in [4.69, 9.17) is 10.2 Å². The van der Waals surface area contributed by atoms with Crippen molar-refractivity contribution in [1.82, 2.24) is 14.9 Å². The monoisotopic (exact) mass is 404 g/mol. The fourth-order valence-corrected chi connectivity index (χ4v) is 4.04. The molecule has 150 valence electrons. The van der Waals surface area contributed by atoms with Crippen molar-refractivity contribution in [3.05, 3.63) is 40.9 Å². The van der Waals surface area contributed by atoms with Gasteiger partial charge in [0.1, 0.15) is 17.6 Å². The lowest BCUT2D eigenvalue weighted by Gasteiger charge is -2.30. The number of amides is 1. The molecular formula is C20H25ClN4O3. The van der Waals surface area contributed by atoms with Gasteiger partial charge in [-0.3, -0.25) is 14.2 Å². The number of halogens is 1. The normalized spacial score (nSPS) is 16.0. The van der Waals surface area contributed by atoms with Gasteiger partial charge >= 0.3 is 0 Å². The molecule has 2 heterocycles. The van der Waals surface area contributed by atoms with Gasteiger partial charge < -0.3 is 15.5 Å². The zero-order chi connectivity index (χ0) is 18.8. The number of carbonyl (C=O) groups excluding carboxylic acids is 1. The van der Waals surface area contributed by atoms with Crippen LogP contribution in [0.15, 0.2) is 39.8 Å². The average molecular weight is 405 g/mol. The Morgan fingerprint density at radius 2 is 2.04 bits per heavy atom. The molecule has 0 radical (unpaired) electrons. The Labute approximate surface area is 168 Å². The number of fused-ring (bicyclic) bond motifs is 3. The summed E-state index contributed by atoms with van der Waals surface area (Å²) in [6.45, 7) is 0.314. The van der Waals surface area contributed by atoms with Crippen molar-refractivity contribution in [2.45, 2.75) is 44.7 Å². The van der Waals surface area contributed by atoms with Crippen LogP contribution in [0.2, 0.25) is 0 Å². The zero-order valence-electron chi connectivity index (χ0n) is 15.6. The van der Waals surface area contributed by atoms with Gasteiger partial charge in [-0.1, -0.05) is 31.4 Å². The summed E-state index contributed by atoms with van der Waals surface area (Å²) >= 11 is 0. The van der Waals surface area contributed by atoms with Gasteiger partial charge in [0.25, 0.3) is 5.56 Å². The summed E-state index contributed by atoms with van der Waals surface area (Å²) < 4.78 is 6.94. The second-order valence-corrected chi connectivity index (χ2v) is 7.26. The molecule has 1 aliphatic rings. The van der Waals surface area contributed by atoms with E-state index in [0.29, 0.717) is 23.6 Å². The van der Waals surface area contributed by atoms with E-state index in [-0.39, 0.29) is 42.0 Å². The topological polar surface area (TPSA) is 103 Å². The van der Waals surface area contributed by atoms with Crippen LogP contribution in [0.4, 0.5) is 0 Å². The van der Waals surface area contributed by atoms with E-state index in [1.54, 1.807) is 6.07 Å². The molecule has 7 nitrogen and oxygen atoms in total. The standard InChI is InChI=1S/C20H24N4O3.ClH/c21-10-15(13-6-2-1-3-7-13)23-17(25)11-24-12-22-18-14-8-4-5-9-16(14)27-19(18)20(24)26;/h4-5,8-9,12-13,15H,1-3,6-7,10-11,21H2,(H,23,25);1H. The summed E-state index contributed by atoms with van der Waals surface area (Å²) in [5, 5.41) is 3.80. The number of hydrogen-bond acceptors (Lipinski definition) is 5. The molecule has 8 heteroatoms. The first-order chi connectivity index (χ1) is 13.2. The van der Waals surface area contributed by atoms with E-state index >= 15 is 0 Å². The molecule has 1 aliphatic carbocycles. The highest BCUT2D eigenvalue weighted by Crippen LogP contribution is 2.26. The largest absolute Gasteiger partial charge is 0.448 e. The number of furan rings is 1. The maximum Gasteiger partial charge on any atom is 0.297 e. The number of para-hydroxylation sites is 1. The summed E-state index contributed by atoms with van der Waals surface area (Å²) in [5.74, 6) is 0.191. The molecule has 1 atom stereocenters. The van der Waals surface area contributed by atoms with Gasteiger partial charge in [0.2, 0.25) is 11.5 Å². The molecule has 0 saturated heterocycles. The highest BCUT2D eigenvalue weighted by Gasteiger charge is 2.24. The number of carbonyl (C=O) groups is 1. The van der Waals surface area contributed by atoms with Gasteiger partial charge in [0, 0.05) is 18.0 Å². The molecule has 1 amide bonds. The van der Waals surface area contributed by atoms with Crippen molar-refractivity contribution in [2.24, 2.45) is 11.7 Å². The van der Waals surface area contributed by atoms with Crippen LogP contribution in [0, 0.1) is 5.92 Å². The van der Waals surface area contributed by atoms with Gasteiger partial charge in [-0.25, -0.2) is 4.98 Å². The van der Waals surface area contributed by atoms with Crippen LogP contribution in [-0.2, 0) is 11.3 Å². The minimum absolute atomic E-state index is 0. The molecule has 4 rings (SSSR count). The Balaban J connectivity index is 0.00000225. The minimum atomic E-state index is -0.353. The van der Waals surface area contributed by atoms with Crippen molar-refractivity contribution < 1.29 is 9.21 Å². The van der Waals surface area contributed by atoms with Crippen LogP contribution in [0.25, 0.3) is 22.1 Å². The van der Waals surface area contributed by atoms with Gasteiger partial charge in [0.05, 0.1) is 6.33 Å². The Morgan fingerprint density at radius 1 is 1.29 bits per heavy atom. The number of nitrogens with zero attached hydrogens (tertiary/aromatic N) is 2. The average Bonchev–Trinajstić information content (AvgIpc) is 3.08. The number of nitrogens with one attached hydrogen (secondary N) is 1. The van der Waals surface area contributed by atoms with Crippen molar-refractivity contribution in [1.29, 1.82) is 0 Å². The Morgan fingerprint density at radius 3 is 2.79 bits per heavy atom. The van der Waals surface area contributed by atoms with Crippen LogP contribution in [0.5, 0.6) is 0 Å². The lowest BCUT2D eigenvalue weighted by atomic mass is 9.84. The predicted molar refractivity (Wildman–Crippen MR) is 111 cm³/mol. The molecule has 3 N–H and O–H groups in total. The minimum Gasteiger partial charge on any atom is -0.448 e. The molecule has 2 aromatic heterocycles. The van der Waals surface area contributed by atoms with Crippen molar-refractivity contribution >= 4 is 40.4 Å². The number of aromatic nitrogens is 2. The van der Waals surface area contributed by atoms with Crippen LogP contribution < -0.4 is 16.6 Å². The summed E-state index contributed by atoms with van der Waals surface area (Å²) in [7, 11) is 0. The highest BCUT2D eigenvalue weighted by atomic mass is 35.5.